The fraction of sp³-hybridized carbons (Fsp3) is 0.273. The molecule has 5 nitrogen and oxygen atoms in total. The van der Waals surface area contributed by atoms with Crippen LogP contribution in [0.4, 0.5) is 0 Å². The van der Waals surface area contributed by atoms with Crippen LogP contribution < -0.4 is 10.1 Å². The number of aromatic nitrogens is 2. The Balaban J connectivity index is 1.64. The first-order valence-corrected chi connectivity index (χ1v) is 9.66. The number of hydrogen-bond donors (Lipinski definition) is 1. The SMILES string of the molecule is CCn1ccc(C(C)NC(=O)c2cccc(COc3cc(C)ccc3Cl)c2)n1. The number of ether oxygens (including phenoxy) is 1. The van der Waals surface area contributed by atoms with E-state index in [1.54, 1.807) is 6.07 Å². The number of benzene rings is 2. The molecule has 0 aliphatic rings. The number of nitrogens with one attached hydrogen (secondary N) is 1. The van der Waals surface area contributed by atoms with E-state index in [0.717, 1.165) is 23.4 Å². The van der Waals surface area contributed by atoms with E-state index in [-0.39, 0.29) is 11.9 Å². The van der Waals surface area contributed by atoms with Gasteiger partial charge in [0.2, 0.25) is 0 Å². The molecular formula is C22H24ClN3O2. The summed E-state index contributed by atoms with van der Waals surface area (Å²) in [6, 6.07) is 14.8. The van der Waals surface area contributed by atoms with Crippen molar-refractivity contribution in [1.29, 1.82) is 0 Å². The lowest BCUT2D eigenvalue weighted by atomic mass is 10.1. The number of nitrogens with zero attached hydrogens (tertiary/aromatic N) is 2. The van der Waals surface area contributed by atoms with Gasteiger partial charge >= 0.3 is 0 Å². The second-order valence-electron chi connectivity index (χ2n) is 6.71. The monoisotopic (exact) mass is 397 g/mol. The minimum absolute atomic E-state index is 0.144. The normalized spacial score (nSPS) is 11.9. The highest BCUT2D eigenvalue weighted by atomic mass is 35.5. The zero-order valence-electron chi connectivity index (χ0n) is 16.3. The first-order valence-electron chi connectivity index (χ1n) is 9.28. The quantitative estimate of drug-likeness (QED) is 0.614. The zero-order valence-corrected chi connectivity index (χ0v) is 17.0. The summed E-state index contributed by atoms with van der Waals surface area (Å²) in [4.78, 5) is 12.6. The van der Waals surface area contributed by atoms with Gasteiger partial charge in [0, 0.05) is 18.3 Å². The molecular weight excluding hydrogens is 374 g/mol. The summed E-state index contributed by atoms with van der Waals surface area (Å²) < 4.78 is 7.67. The molecule has 0 radical (unpaired) electrons. The number of rotatable bonds is 7. The lowest BCUT2D eigenvalue weighted by Gasteiger charge is -2.13. The molecule has 2 aromatic carbocycles. The van der Waals surface area contributed by atoms with Gasteiger partial charge in [-0.3, -0.25) is 9.48 Å². The third-order valence-corrected chi connectivity index (χ3v) is 4.76. The van der Waals surface area contributed by atoms with Crippen molar-refractivity contribution in [3.63, 3.8) is 0 Å². The van der Waals surface area contributed by atoms with Crippen LogP contribution in [0.25, 0.3) is 0 Å². The van der Waals surface area contributed by atoms with Crippen LogP contribution in [0.2, 0.25) is 5.02 Å². The van der Waals surface area contributed by atoms with Crippen LogP contribution in [0.5, 0.6) is 5.75 Å². The van der Waals surface area contributed by atoms with E-state index in [0.29, 0.717) is 22.9 Å². The molecule has 3 rings (SSSR count). The van der Waals surface area contributed by atoms with Crippen molar-refractivity contribution in [3.05, 3.63) is 82.1 Å². The smallest absolute Gasteiger partial charge is 0.251 e. The number of carbonyl (C=O) groups excluding carboxylic acids is 1. The Morgan fingerprint density at radius 3 is 2.82 bits per heavy atom. The molecule has 0 aliphatic heterocycles. The van der Waals surface area contributed by atoms with Crippen molar-refractivity contribution in [1.82, 2.24) is 15.1 Å². The van der Waals surface area contributed by atoms with Crippen LogP contribution in [-0.4, -0.2) is 15.7 Å². The Morgan fingerprint density at radius 2 is 2.07 bits per heavy atom. The van der Waals surface area contributed by atoms with Crippen LogP contribution >= 0.6 is 11.6 Å². The Morgan fingerprint density at radius 1 is 1.25 bits per heavy atom. The Hall–Kier alpha value is -2.79. The number of halogens is 1. The molecule has 1 unspecified atom stereocenters. The van der Waals surface area contributed by atoms with Gasteiger partial charge < -0.3 is 10.1 Å². The van der Waals surface area contributed by atoms with Crippen LogP contribution in [0.3, 0.4) is 0 Å². The summed E-state index contributed by atoms with van der Waals surface area (Å²) in [6.45, 7) is 7.07. The first kappa shape index (κ1) is 20.0. The van der Waals surface area contributed by atoms with Gasteiger partial charge in [-0.2, -0.15) is 5.10 Å². The third kappa shape index (κ3) is 4.93. The van der Waals surface area contributed by atoms with E-state index in [2.05, 4.69) is 10.4 Å². The fourth-order valence-electron chi connectivity index (χ4n) is 2.82. The van der Waals surface area contributed by atoms with Gasteiger partial charge in [0.25, 0.3) is 5.91 Å². The molecule has 1 aromatic heterocycles. The van der Waals surface area contributed by atoms with Gasteiger partial charge in [0.05, 0.1) is 16.8 Å². The van der Waals surface area contributed by atoms with E-state index < -0.39 is 0 Å². The zero-order chi connectivity index (χ0) is 20.1. The summed E-state index contributed by atoms with van der Waals surface area (Å²) in [5, 5.41) is 8.00. The van der Waals surface area contributed by atoms with E-state index in [4.69, 9.17) is 16.3 Å². The summed E-state index contributed by atoms with van der Waals surface area (Å²) >= 11 is 6.18. The molecule has 6 heteroatoms. The Labute approximate surface area is 170 Å². The minimum Gasteiger partial charge on any atom is -0.487 e. The molecule has 0 spiro atoms. The van der Waals surface area contributed by atoms with E-state index in [1.807, 2.05) is 74.1 Å². The van der Waals surface area contributed by atoms with E-state index >= 15 is 0 Å². The van der Waals surface area contributed by atoms with Gasteiger partial charge in [0.1, 0.15) is 12.4 Å². The van der Waals surface area contributed by atoms with Crippen molar-refractivity contribution in [2.24, 2.45) is 0 Å². The average molecular weight is 398 g/mol. The average Bonchev–Trinajstić information content (AvgIpc) is 3.18. The Bertz CT molecular complexity index is 968. The molecule has 0 bridgehead atoms. The van der Waals surface area contributed by atoms with Crippen molar-refractivity contribution >= 4 is 17.5 Å². The number of aryl methyl sites for hydroxylation is 2. The van der Waals surface area contributed by atoms with Crippen LogP contribution in [0.1, 0.15) is 47.1 Å². The molecule has 28 heavy (non-hydrogen) atoms. The molecule has 0 saturated carbocycles. The van der Waals surface area contributed by atoms with Crippen molar-refractivity contribution in [3.8, 4) is 5.75 Å². The van der Waals surface area contributed by atoms with Gasteiger partial charge in [0.15, 0.2) is 0 Å². The van der Waals surface area contributed by atoms with Crippen molar-refractivity contribution < 1.29 is 9.53 Å². The summed E-state index contributed by atoms with van der Waals surface area (Å²) in [5.41, 5.74) is 3.39. The molecule has 3 aromatic rings. The van der Waals surface area contributed by atoms with Crippen molar-refractivity contribution in [2.45, 2.75) is 40.0 Å². The maximum Gasteiger partial charge on any atom is 0.251 e. The fourth-order valence-corrected chi connectivity index (χ4v) is 3.00. The molecule has 1 N–H and O–H groups in total. The molecule has 1 heterocycles. The minimum atomic E-state index is -0.175. The second-order valence-corrected chi connectivity index (χ2v) is 7.12. The highest BCUT2D eigenvalue weighted by Crippen LogP contribution is 2.26. The summed E-state index contributed by atoms with van der Waals surface area (Å²) in [7, 11) is 0. The summed E-state index contributed by atoms with van der Waals surface area (Å²) in [5.74, 6) is 0.491. The topological polar surface area (TPSA) is 56.2 Å². The lowest BCUT2D eigenvalue weighted by molar-refractivity contribution is 0.0939. The Kier molecular flexibility index (Phi) is 6.37. The molecule has 0 aliphatic carbocycles. The maximum atomic E-state index is 12.6. The number of carbonyl (C=O) groups is 1. The predicted octanol–water partition coefficient (Wildman–Crippen LogP) is 4.93. The standard InChI is InChI=1S/C22H24ClN3O2/c1-4-26-11-10-20(25-26)16(3)24-22(27)18-7-5-6-17(13-18)14-28-21-12-15(2)8-9-19(21)23/h5-13,16H,4,14H2,1-3H3,(H,24,27). The van der Waals surface area contributed by atoms with Gasteiger partial charge in [-0.05, 0) is 62.2 Å². The second kappa shape index (κ2) is 8.93. The number of amides is 1. The van der Waals surface area contributed by atoms with Crippen LogP contribution in [-0.2, 0) is 13.2 Å². The number of hydrogen-bond acceptors (Lipinski definition) is 3. The van der Waals surface area contributed by atoms with E-state index in [9.17, 15) is 4.79 Å². The van der Waals surface area contributed by atoms with Crippen LogP contribution in [0, 0.1) is 6.92 Å². The third-order valence-electron chi connectivity index (χ3n) is 4.45. The van der Waals surface area contributed by atoms with Gasteiger partial charge in [-0.25, -0.2) is 0 Å². The highest BCUT2D eigenvalue weighted by Gasteiger charge is 2.14. The molecule has 0 saturated heterocycles. The van der Waals surface area contributed by atoms with Gasteiger partial charge in [-0.1, -0.05) is 29.8 Å². The maximum absolute atomic E-state index is 12.6. The molecule has 1 atom stereocenters. The highest BCUT2D eigenvalue weighted by molar-refractivity contribution is 6.32. The molecule has 146 valence electrons. The van der Waals surface area contributed by atoms with E-state index in [1.165, 1.54) is 0 Å². The lowest BCUT2D eigenvalue weighted by Crippen LogP contribution is -2.27. The first-order chi connectivity index (χ1) is 13.5. The summed E-state index contributed by atoms with van der Waals surface area (Å²) in [6.07, 6.45) is 1.91. The largest absolute Gasteiger partial charge is 0.487 e. The molecule has 1 amide bonds. The predicted molar refractivity (Wildman–Crippen MR) is 111 cm³/mol. The van der Waals surface area contributed by atoms with Crippen LogP contribution in [0.15, 0.2) is 54.7 Å². The van der Waals surface area contributed by atoms with Gasteiger partial charge in [-0.15, -0.1) is 0 Å². The van der Waals surface area contributed by atoms with Crippen molar-refractivity contribution in [2.75, 3.05) is 0 Å². The molecule has 0 fully saturated rings.